The zero-order chi connectivity index (χ0) is 30.1. The third-order valence-corrected chi connectivity index (χ3v) is 9.25. The van der Waals surface area contributed by atoms with Gasteiger partial charge in [-0.15, -0.1) is 0 Å². The number of nitrogens with zero attached hydrogens (tertiary/aromatic N) is 1. The van der Waals surface area contributed by atoms with Gasteiger partial charge in [0.1, 0.15) is 23.4 Å². The molecule has 2 saturated heterocycles. The summed E-state index contributed by atoms with van der Waals surface area (Å²) in [7, 11) is 0. The van der Waals surface area contributed by atoms with Crippen LogP contribution in [0.15, 0.2) is 18.2 Å². The first-order valence-electron chi connectivity index (χ1n) is 14.2. The molecule has 2 fully saturated rings. The van der Waals surface area contributed by atoms with Crippen molar-refractivity contribution in [2.45, 2.75) is 75.5 Å². The predicted octanol–water partition coefficient (Wildman–Crippen LogP) is 1.41. The molecular formula is C30H35NO11. The van der Waals surface area contributed by atoms with Gasteiger partial charge in [0.15, 0.2) is 12.1 Å². The Bertz CT molecular complexity index is 1440. The van der Waals surface area contributed by atoms with E-state index in [2.05, 4.69) is 4.90 Å². The SMILES string of the molecule is CC[C@@]1(O)C[C@@H](O[C@@H]2C[C@H](N3CCOCC3)[C@H](O)[C@H](C)O2)c2c(O)c3c(c(O)c2[C@@H]1O)C(=O)c1cccc(O)c1C3=O. The number of phenolic OH excluding ortho intramolecular Hbond substituents is 3. The maximum absolute atomic E-state index is 13.6. The number of rotatable bonds is 4. The molecule has 6 N–H and O–H groups in total. The van der Waals surface area contributed by atoms with E-state index in [4.69, 9.17) is 14.2 Å². The molecule has 4 aliphatic rings. The quantitative estimate of drug-likeness (QED) is 0.242. The fraction of sp³-hybridized carbons (Fsp3) is 0.533. The number of ether oxygens (including phenoxy) is 3. The van der Waals surface area contributed by atoms with Gasteiger partial charge >= 0.3 is 0 Å². The first-order valence-corrected chi connectivity index (χ1v) is 14.2. The number of hydrogen-bond acceptors (Lipinski definition) is 12. The van der Waals surface area contributed by atoms with Crippen LogP contribution in [0.2, 0.25) is 0 Å². The summed E-state index contributed by atoms with van der Waals surface area (Å²) in [4.78, 5) is 29.2. The summed E-state index contributed by atoms with van der Waals surface area (Å²) in [5.41, 5.74) is -3.80. The lowest BCUT2D eigenvalue weighted by molar-refractivity contribution is -0.264. The van der Waals surface area contributed by atoms with Crippen molar-refractivity contribution in [3.63, 3.8) is 0 Å². The van der Waals surface area contributed by atoms with Crippen LogP contribution in [-0.4, -0.2) is 104 Å². The van der Waals surface area contributed by atoms with Crippen molar-refractivity contribution >= 4 is 11.6 Å². The summed E-state index contributed by atoms with van der Waals surface area (Å²) in [6.07, 6.45) is -5.23. The second-order valence-electron chi connectivity index (χ2n) is 11.5. The van der Waals surface area contributed by atoms with Crippen LogP contribution in [0, 0.1) is 0 Å². The highest BCUT2D eigenvalue weighted by Gasteiger charge is 2.52. The van der Waals surface area contributed by atoms with Gasteiger partial charge in [-0.3, -0.25) is 14.5 Å². The fourth-order valence-corrected chi connectivity index (χ4v) is 6.86. The summed E-state index contributed by atoms with van der Waals surface area (Å²) in [6, 6.07) is 3.60. The lowest BCUT2D eigenvalue weighted by Gasteiger charge is -2.47. The molecular weight excluding hydrogens is 550 g/mol. The first kappa shape index (κ1) is 29.0. The van der Waals surface area contributed by atoms with Crippen LogP contribution in [-0.2, 0) is 14.2 Å². The third-order valence-electron chi connectivity index (χ3n) is 9.25. The van der Waals surface area contributed by atoms with Crippen LogP contribution in [0.3, 0.4) is 0 Å². The molecule has 0 radical (unpaired) electrons. The molecule has 0 bridgehead atoms. The highest BCUT2D eigenvalue weighted by molar-refractivity contribution is 6.31. The zero-order valence-corrected chi connectivity index (χ0v) is 23.3. The topological polar surface area (TPSA) is 186 Å². The summed E-state index contributed by atoms with van der Waals surface area (Å²) in [6.45, 7) is 5.61. The summed E-state index contributed by atoms with van der Waals surface area (Å²) < 4.78 is 17.8. The molecule has 0 aromatic heterocycles. The van der Waals surface area contributed by atoms with E-state index >= 15 is 0 Å². The Balaban J connectivity index is 1.44. The van der Waals surface area contributed by atoms with Crippen LogP contribution >= 0.6 is 0 Å². The Morgan fingerprint density at radius 3 is 2.36 bits per heavy atom. The van der Waals surface area contributed by atoms with Crippen molar-refractivity contribution in [3.05, 3.63) is 51.6 Å². The van der Waals surface area contributed by atoms with Crippen LogP contribution in [0.1, 0.15) is 88.3 Å². The van der Waals surface area contributed by atoms with Crippen molar-refractivity contribution in [2.75, 3.05) is 26.3 Å². The van der Waals surface area contributed by atoms with E-state index in [1.54, 1.807) is 13.8 Å². The normalized spacial score (nSPS) is 33.2. The number of aromatic hydroxyl groups is 3. The van der Waals surface area contributed by atoms with Crippen molar-refractivity contribution in [1.29, 1.82) is 0 Å². The largest absolute Gasteiger partial charge is 0.507 e. The lowest BCUT2D eigenvalue weighted by Crippen LogP contribution is -2.58. The van der Waals surface area contributed by atoms with Crippen molar-refractivity contribution in [2.24, 2.45) is 0 Å². The molecule has 0 unspecified atom stereocenters. The molecule has 12 nitrogen and oxygen atoms in total. The van der Waals surface area contributed by atoms with Gasteiger partial charge in [0.25, 0.3) is 0 Å². The molecule has 6 rings (SSSR count). The smallest absolute Gasteiger partial charge is 0.202 e. The average Bonchev–Trinajstić information content (AvgIpc) is 2.97. The van der Waals surface area contributed by atoms with Gasteiger partial charge in [0, 0.05) is 48.7 Å². The van der Waals surface area contributed by atoms with Crippen LogP contribution in [0.4, 0.5) is 0 Å². The molecule has 2 aliphatic heterocycles. The first-order chi connectivity index (χ1) is 20.0. The van der Waals surface area contributed by atoms with E-state index in [0.29, 0.717) is 26.3 Å². The highest BCUT2D eigenvalue weighted by Crippen LogP contribution is 2.56. The molecule has 2 aromatic rings. The van der Waals surface area contributed by atoms with Crippen molar-refractivity contribution in [3.8, 4) is 17.2 Å². The number of carbonyl (C=O) groups excluding carboxylic acids is 2. The number of fused-ring (bicyclic) bond motifs is 3. The van der Waals surface area contributed by atoms with Gasteiger partial charge < -0.3 is 44.8 Å². The predicted molar refractivity (Wildman–Crippen MR) is 145 cm³/mol. The lowest BCUT2D eigenvalue weighted by atomic mass is 9.70. The number of ketones is 2. The van der Waals surface area contributed by atoms with Gasteiger partial charge in [-0.05, 0) is 19.4 Å². The number of aliphatic hydroxyl groups excluding tert-OH is 2. The Morgan fingerprint density at radius 2 is 1.67 bits per heavy atom. The summed E-state index contributed by atoms with van der Waals surface area (Å²) in [5.74, 6) is -3.61. The van der Waals surface area contributed by atoms with Crippen LogP contribution in [0.5, 0.6) is 17.2 Å². The number of morpholine rings is 1. The minimum absolute atomic E-state index is 0.0331. The number of phenols is 3. The Kier molecular flexibility index (Phi) is 7.29. The Labute approximate surface area is 241 Å². The molecule has 2 aliphatic carbocycles. The average molecular weight is 586 g/mol. The molecule has 226 valence electrons. The van der Waals surface area contributed by atoms with Gasteiger partial charge in [-0.25, -0.2) is 0 Å². The van der Waals surface area contributed by atoms with Gasteiger partial charge in [0.05, 0.1) is 53.8 Å². The molecule has 2 heterocycles. The van der Waals surface area contributed by atoms with E-state index in [1.165, 1.54) is 18.2 Å². The maximum Gasteiger partial charge on any atom is 0.202 e. The number of carbonyl (C=O) groups is 2. The van der Waals surface area contributed by atoms with Gasteiger partial charge in [-0.2, -0.15) is 0 Å². The minimum atomic E-state index is -1.82. The van der Waals surface area contributed by atoms with Crippen molar-refractivity contribution < 1.29 is 54.4 Å². The summed E-state index contributed by atoms with van der Waals surface area (Å²) >= 11 is 0. The Hall–Kier alpha value is -3.10. The molecule has 0 amide bonds. The van der Waals surface area contributed by atoms with E-state index in [1.807, 2.05) is 0 Å². The monoisotopic (exact) mass is 585 g/mol. The zero-order valence-electron chi connectivity index (χ0n) is 23.3. The van der Waals surface area contributed by atoms with Crippen LogP contribution in [0.25, 0.3) is 0 Å². The molecule has 2 aromatic carbocycles. The van der Waals surface area contributed by atoms with E-state index in [9.17, 15) is 40.2 Å². The fourth-order valence-electron chi connectivity index (χ4n) is 6.86. The molecule has 0 saturated carbocycles. The number of benzene rings is 2. The molecule has 0 spiro atoms. The molecule has 7 atom stereocenters. The molecule has 42 heavy (non-hydrogen) atoms. The van der Waals surface area contributed by atoms with Crippen molar-refractivity contribution in [1.82, 2.24) is 4.90 Å². The second kappa shape index (κ2) is 10.6. The number of hydrogen-bond donors (Lipinski definition) is 6. The van der Waals surface area contributed by atoms with E-state index < -0.39 is 76.2 Å². The number of aliphatic hydroxyl groups is 3. The van der Waals surface area contributed by atoms with E-state index in [-0.39, 0.29) is 47.6 Å². The van der Waals surface area contributed by atoms with Crippen LogP contribution < -0.4 is 0 Å². The highest BCUT2D eigenvalue weighted by atomic mass is 16.7. The minimum Gasteiger partial charge on any atom is -0.507 e. The standard InChI is InChI=1S/C30H35NO11/c1-3-30(39)12-17(42-18-11-15(24(33)13(2)41-18)31-7-9-40-10-8-31)20-23(29(30)38)28(37)21-22(27(20)36)26(35)19-14(25(21)34)5-4-6-16(19)32/h4-6,13,15,17-18,24,29,32-33,36-39H,3,7-12H2,1-2H3/t13-,15-,17+,18+,24+,29-,30+/m0/s1. The Morgan fingerprint density at radius 1 is 1.00 bits per heavy atom. The van der Waals surface area contributed by atoms with Gasteiger partial charge in [0.2, 0.25) is 5.78 Å². The summed E-state index contributed by atoms with van der Waals surface area (Å²) in [5, 5.41) is 67.1. The second-order valence-corrected chi connectivity index (χ2v) is 11.5. The van der Waals surface area contributed by atoms with Gasteiger partial charge in [-0.1, -0.05) is 19.1 Å². The van der Waals surface area contributed by atoms with E-state index in [0.717, 1.165) is 0 Å². The molecule has 12 heteroatoms. The third kappa shape index (κ3) is 4.32. The maximum atomic E-state index is 13.6.